The largest absolute Gasteiger partial charge is 0.346 e. The Bertz CT molecular complexity index is 247. The lowest BCUT2D eigenvalue weighted by Gasteiger charge is -2.07. The van der Waals surface area contributed by atoms with Crippen molar-refractivity contribution in [1.29, 1.82) is 5.26 Å². The number of rotatable bonds is 4. The quantitative estimate of drug-likeness (QED) is 0.697. The highest BCUT2D eigenvalue weighted by Gasteiger charge is 2.08. The average Bonchev–Trinajstić information content (AvgIpc) is 2.59. The zero-order valence-corrected chi connectivity index (χ0v) is 7.04. The van der Waals surface area contributed by atoms with Crippen LogP contribution >= 0.6 is 0 Å². The van der Waals surface area contributed by atoms with Gasteiger partial charge in [0.05, 0.1) is 24.3 Å². The van der Waals surface area contributed by atoms with Crippen molar-refractivity contribution in [2.24, 2.45) is 0 Å². The second kappa shape index (κ2) is 4.52. The normalized spacial score (nSPS) is 12.3. The van der Waals surface area contributed by atoms with E-state index in [0.717, 1.165) is 18.7 Å². The van der Waals surface area contributed by atoms with Crippen LogP contribution in [0.1, 0.15) is 25.1 Å². The molecule has 12 heavy (non-hydrogen) atoms. The van der Waals surface area contributed by atoms with Gasteiger partial charge in [-0.05, 0) is 13.0 Å². The zero-order chi connectivity index (χ0) is 8.81. The highest BCUT2D eigenvalue weighted by molar-refractivity contribution is 5.11. The topological polar surface area (TPSA) is 64.5 Å². The number of imidazole rings is 1. The molecule has 4 heteroatoms. The Balaban J connectivity index is 2.53. The third-order valence-electron chi connectivity index (χ3n) is 1.56. The first-order chi connectivity index (χ1) is 5.88. The van der Waals surface area contributed by atoms with Gasteiger partial charge in [-0.1, -0.05) is 6.92 Å². The molecule has 0 aliphatic carbocycles. The summed E-state index contributed by atoms with van der Waals surface area (Å²) in [6, 6.07) is 1.90. The van der Waals surface area contributed by atoms with Crippen molar-refractivity contribution in [3.8, 4) is 6.07 Å². The fourth-order valence-electron chi connectivity index (χ4n) is 0.938. The first-order valence-corrected chi connectivity index (χ1v) is 3.99. The number of nitrogens with zero attached hydrogens (tertiary/aromatic N) is 2. The predicted octanol–water partition coefficient (Wildman–Crippen LogP) is 0.974. The summed E-state index contributed by atoms with van der Waals surface area (Å²) >= 11 is 0. The molecule has 1 heterocycles. The molecular weight excluding hydrogens is 152 g/mol. The van der Waals surface area contributed by atoms with Crippen LogP contribution in [-0.2, 0) is 0 Å². The Kier molecular flexibility index (Phi) is 3.30. The highest BCUT2D eigenvalue weighted by atomic mass is 15.0. The van der Waals surface area contributed by atoms with Gasteiger partial charge in [-0.15, -0.1) is 0 Å². The van der Waals surface area contributed by atoms with Gasteiger partial charge in [-0.2, -0.15) is 5.26 Å². The highest BCUT2D eigenvalue weighted by Crippen LogP contribution is 2.06. The maximum atomic E-state index is 8.76. The van der Waals surface area contributed by atoms with Crippen LogP contribution in [0, 0.1) is 11.3 Å². The summed E-state index contributed by atoms with van der Waals surface area (Å²) in [6.45, 7) is 2.91. The van der Waals surface area contributed by atoms with Gasteiger partial charge in [0, 0.05) is 0 Å². The smallest absolute Gasteiger partial charge is 0.137 e. The zero-order valence-electron chi connectivity index (χ0n) is 7.04. The van der Waals surface area contributed by atoms with Gasteiger partial charge in [-0.25, -0.2) is 4.98 Å². The lowest BCUT2D eigenvalue weighted by atomic mass is 10.2. The summed E-state index contributed by atoms with van der Waals surface area (Å²) in [5.41, 5.74) is 0.825. The summed E-state index contributed by atoms with van der Waals surface area (Å²) in [5.74, 6) is 0. The van der Waals surface area contributed by atoms with E-state index < -0.39 is 0 Å². The maximum absolute atomic E-state index is 8.76. The Labute approximate surface area is 71.6 Å². The average molecular weight is 164 g/mol. The third-order valence-corrected chi connectivity index (χ3v) is 1.56. The molecule has 1 atom stereocenters. The predicted molar refractivity (Wildman–Crippen MR) is 45.2 cm³/mol. The minimum Gasteiger partial charge on any atom is -0.346 e. The van der Waals surface area contributed by atoms with Crippen LogP contribution in [0.5, 0.6) is 0 Å². The minimum atomic E-state index is -0.257. The molecule has 0 fully saturated rings. The van der Waals surface area contributed by atoms with Crippen LogP contribution in [0.15, 0.2) is 12.5 Å². The van der Waals surface area contributed by atoms with Gasteiger partial charge < -0.3 is 4.98 Å². The molecule has 0 aliphatic rings. The summed E-state index contributed by atoms with van der Waals surface area (Å²) in [6.07, 6.45) is 4.26. The van der Waals surface area contributed by atoms with E-state index in [4.69, 9.17) is 5.26 Å². The molecule has 1 aromatic rings. The fraction of sp³-hybridized carbons (Fsp3) is 0.500. The van der Waals surface area contributed by atoms with E-state index in [0.29, 0.717) is 0 Å². The van der Waals surface area contributed by atoms with Crippen molar-refractivity contribution in [3.05, 3.63) is 18.2 Å². The number of aromatic nitrogens is 2. The molecule has 2 N–H and O–H groups in total. The molecular formula is C8H12N4. The van der Waals surface area contributed by atoms with Crippen LogP contribution in [-0.4, -0.2) is 16.5 Å². The summed E-state index contributed by atoms with van der Waals surface area (Å²) in [5, 5.41) is 11.9. The number of nitrogens with one attached hydrogen (secondary N) is 2. The standard InChI is InChI=1S/C8H12N4/c1-2-3-11-7(4-9)8-5-10-6-12-8/h5-7,11H,2-3H2,1H3,(H,10,12). The van der Waals surface area contributed by atoms with Gasteiger partial charge in [-0.3, -0.25) is 5.32 Å². The van der Waals surface area contributed by atoms with Crippen molar-refractivity contribution in [2.75, 3.05) is 6.54 Å². The van der Waals surface area contributed by atoms with Gasteiger partial charge in [0.15, 0.2) is 0 Å². The molecule has 4 nitrogen and oxygen atoms in total. The molecule has 0 bridgehead atoms. The monoisotopic (exact) mass is 164 g/mol. The van der Waals surface area contributed by atoms with Gasteiger partial charge >= 0.3 is 0 Å². The molecule has 1 unspecified atom stereocenters. The van der Waals surface area contributed by atoms with E-state index in [1.165, 1.54) is 0 Å². The number of H-pyrrole nitrogens is 1. The molecule has 64 valence electrons. The van der Waals surface area contributed by atoms with Crippen LogP contribution in [0.3, 0.4) is 0 Å². The van der Waals surface area contributed by atoms with E-state index >= 15 is 0 Å². The molecule has 0 aliphatic heterocycles. The first kappa shape index (κ1) is 8.75. The molecule has 0 aromatic carbocycles. The van der Waals surface area contributed by atoms with Crippen molar-refractivity contribution >= 4 is 0 Å². The summed E-state index contributed by atoms with van der Waals surface area (Å²) in [4.78, 5) is 6.75. The lowest BCUT2D eigenvalue weighted by molar-refractivity contribution is 0.611. The van der Waals surface area contributed by atoms with Crippen molar-refractivity contribution in [3.63, 3.8) is 0 Å². The SMILES string of the molecule is CCCNC(C#N)c1cnc[nH]1. The van der Waals surface area contributed by atoms with Crippen molar-refractivity contribution in [1.82, 2.24) is 15.3 Å². The fourth-order valence-corrected chi connectivity index (χ4v) is 0.938. The second-order valence-electron chi connectivity index (χ2n) is 2.52. The van der Waals surface area contributed by atoms with E-state index in [1.54, 1.807) is 12.5 Å². The van der Waals surface area contributed by atoms with E-state index in [1.807, 2.05) is 0 Å². The van der Waals surface area contributed by atoms with Gasteiger partial charge in [0.1, 0.15) is 6.04 Å². The summed E-state index contributed by atoms with van der Waals surface area (Å²) in [7, 11) is 0. The molecule has 0 amide bonds. The number of hydrogen-bond donors (Lipinski definition) is 2. The number of hydrogen-bond acceptors (Lipinski definition) is 3. The second-order valence-corrected chi connectivity index (χ2v) is 2.52. The van der Waals surface area contributed by atoms with Crippen LogP contribution in [0.2, 0.25) is 0 Å². The Morgan fingerprint density at radius 3 is 3.17 bits per heavy atom. The van der Waals surface area contributed by atoms with Crippen molar-refractivity contribution < 1.29 is 0 Å². The Hall–Kier alpha value is -1.34. The molecule has 0 saturated carbocycles. The number of nitriles is 1. The molecule has 0 spiro atoms. The lowest BCUT2D eigenvalue weighted by Crippen LogP contribution is -2.20. The van der Waals surface area contributed by atoms with Crippen LogP contribution < -0.4 is 5.32 Å². The Morgan fingerprint density at radius 1 is 1.83 bits per heavy atom. The number of aromatic amines is 1. The Morgan fingerprint density at radius 2 is 2.67 bits per heavy atom. The molecule has 1 rings (SSSR count). The molecule has 0 saturated heterocycles. The van der Waals surface area contributed by atoms with Crippen molar-refractivity contribution in [2.45, 2.75) is 19.4 Å². The van der Waals surface area contributed by atoms with E-state index in [-0.39, 0.29) is 6.04 Å². The minimum absolute atomic E-state index is 0.257. The molecule has 1 aromatic heterocycles. The van der Waals surface area contributed by atoms with Gasteiger partial charge in [0.2, 0.25) is 0 Å². The van der Waals surface area contributed by atoms with Gasteiger partial charge in [0.25, 0.3) is 0 Å². The van der Waals surface area contributed by atoms with Crippen LogP contribution in [0.25, 0.3) is 0 Å². The summed E-state index contributed by atoms with van der Waals surface area (Å²) < 4.78 is 0. The van der Waals surface area contributed by atoms with Crippen LogP contribution in [0.4, 0.5) is 0 Å². The third kappa shape index (κ3) is 2.07. The molecule has 0 radical (unpaired) electrons. The maximum Gasteiger partial charge on any atom is 0.137 e. The van der Waals surface area contributed by atoms with E-state index in [2.05, 4.69) is 28.3 Å². The van der Waals surface area contributed by atoms with E-state index in [9.17, 15) is 0 Å². The first-order valence-electron chi connectivity index (χ1n) is 3.99.